The average molecular weight is 411 g/mol. The summed E-state index contributed by atoms with van der Waals surface area (Å²) in [5.74, 6) is 0.530. The Balaban J connectivity index is 1.70. The van der Waals surface area contributed by atoms with Crippen molar-refractivity contribution in [2.45, 2.75) is 37.7 Å². The van der Waals surface area contributed by atoms with E-state index in [1.165, 1.54) is 10.4 Å². The first kappa shape index (κ1) is 19.9. The number of aromatic nitrogens is 1. The standard InChI is InChI=1S/C19H23ClN2O4S/c1-13-11-16(12-19(23)21(13)3)26-15-7-9-22(10-8-15)27(24,25)18-6-4-5-17(20)14(18)2/h4-6,11-12,15H,7-10H2,1-3H3. The highest BCUT2D eigenvalue weighted by molar-refractivity contribution is 7.89. The molecule has 2 heterocycles. The third kappa shape index (κ3) is 4.05. The molecule has 0 spiro atoms. The number of aryl methyl sites for hydroxylation is 1. The molecule has 2 aromatic rings. The van der Waals surface area contributed by atoms with Gasteiger partial charge in [0.1, 0.15) is 11.9 Å². The zero-order valence-corrected chi connectivity index (χ0v) is 17.2. The molecule has 0 unspecified atom stereocenters. The molecule has 1 aromatic carbocycles. The van der Waals surface area contributed by atoms with E-state index in [9.17, 15) is 13.2 Å². The molecular formula is C19H23ClN2O4S. The lowest BCUT2D eigenvalue weighted by molar-refractivity contribution is 0.134. The van der Waals surface area contributed by atoms with Crippen molar-refractivity contribution in [1.29, 1.82) is 0 Å². The summed E-state index contributed by atoms with van der Waals surface area (Å²) in [6, 6.07) is 8.20. The van der Waals surface area contributed by atoms with Crippen LogP contribution in [0.2, 0.25) is 5.02 Å². The van der Waals surface area contributed by atoms with Gasteiger partial charge in [-0.1, -0.05) is 17.7 Å². The van der Waals surface area contributed by atoms with Crippen molar-refractivity contribution in [3.8, 4) is 5.75 Å². The second-order valence-corrected chi connectivity index (χ2v) is 9.13. The molecule has 0 bridgehead atoms. The molecule has 27 heavy (non-hydrogen) atoms. The minimum atomic E-state index is -3.59. The van der Waals surface area contributed by atoms with Crippen molar-refractivity contribution < 1.29 is 13.2 Å². The molecule has 0 N–H and O–H groups in total. The molecule has 0 radical (unpaired) electrons. The van der Waals surface area contributed by atoms with Gasteiger partial charge in [-0.3, -0.25) is 4.79 Å². The zero-order valence-electron chi connectivity index (χ0n) is 15.6. The van der Waals surface area contributed by atoms with E-state index < -0.39 is 10.0 Å². The molecule has 0 atom stereocenters. The van der Waals surface area contributed by atoms with Gasteiger partial charge in [0, 0.05) is 36.9 Å². The van der Waals surface area contributed by atoms with Crippen LogP contribution in [0.1, 0.15) is 24.1 Å². The fourth-order valence-corrected chi connectivity index (χ4v) is 5.14. The zero-order chi connectivity index (χ0) is 19.8. The Hall–Kier alpha value is -1.83. The maximum atomic E-state index is 12.9. The highest BCUT2D eigenvalue weighted by Gasteiger charge is 2.31. The molecule has 6 nitrogen and oxygen atoms in total. The summed E-state index contributed by atoms with van der Waals surface area (Å²) >= 11 is 6.08. The topological polar surface area (TPSA) is 68.6 Å². The van der Waals surface area contributed by atoms with Crippen LogP contribution in [0.15, 0.2) is 40.0 Å². The average Bonchev–Trinajstić information content (AvgIpc) is 2.62. The predicted molar refractivity (Wildman–Crippen MR) is 105 cm³/mol. The Labute approximate surface area is 164 Å². The SMILES string of the molecule is Cc1c(Cl)cccc1S(=O)(=O)N1CCC(Oc2cc(C)n(C)c(=O)c2)CC1. The second kappa shape index (κ2) is 7.66. The molecule has 3 rings (SSSR count). The minimum absolute atomic E-state index is 0.122. The van der Waals surface area contributed by atoms with Crippen LogP contribution in [0.3, 0.4) is 0 Å². The molecule has 0 saturated carbocycles. The van der Waals surface area contributed by atoms with E-state index in [-0.39, 0.29) is 16.6 Å². The summed E-state index contributed by atoms with van der Waals surface area (Å²) in [5.41, 5.74) is 1.25. The molecule has 1 aliphatic rings. The third-order valence-corrected chi connectivity index (χ3v) is 7.47. The number of ether oxygens (including phenoxy) is 1. The summed E-state index contributed by atoms with van der Waals surface area (Å²) in [4.78, 5) is 12.1. The molecule has 0 aliphatic carbocycles. The Morgan fingerprint density at radius 3 is 2.44 bits per heavy atom. The van der Waals surface area contributed by atoms with Gasteiger partial charge in [-0.25, -0.2) is 8.42 Å². The minimum Gasteiger partial charge on any atom is -0.490 e. The molecule has 1 saturated heterocycles. The molecule has 146 valence electrons. The van der Waals surface area contributed by atoms with E-state index in [2.05, 4.69) is 0 Å². The van der Waals surface area contributed by atoms with Crippen LogP contribution in [0.5, 0.6) is 5.75 Å². The lowest BCUT2D eigenvalue weighted by Crippen LogP contribution is -2.42. The van der Waals surface area contributed by atoms with Gasteiger partial charge >= 0.3 is 0 Å². The van der Waals surface area contributed by atoms with Crippen molar-refractivity contribution in [2.75, 3.05) is 13.1 Å². The van der Waals surface area contributed by atoms with Gasteiger partial charge in [-0.15, -0.1) is 0 Å². The number of hydrogen-bond acceptors (Lipinski definition) is 4. The quantitative estimate of drug-likeness (QED) is 0.777. The van der Waals surface area contributed by atoms with Crippen molar-refractivity contribution in [3.63, 3.8) is 0 Å². The van der Waals surface area contributed by atoms with E-state index in [1.807, 2.05) is 13.0 Å². The lowest BCUT2D eigenvalue weighted by atomic mass is 10.1. The molecular weight excluding hydrogens is 388 g/mol. The summed E-state index contributed by atoms with van der Waals surface area (Å²) in [6.07, 6.45) is 1.00. The van der Waals surface area contributed by atoms with Gasteiger partial charge in [0.05, 0.1) is 4.90 Å². The number of piperidine rings is 1. The van der Waals surface area contributed by atoms with Gasteiger partial charge in [0.2, 0.25) is 10.0 Å². The van der Waals surface area contributed by atoms with Gasteiger partial charge in [-0.05, 0) is 50.5 Å². The fourth-order valence-electron chi connectivity index (χ4n) is 3.19. The van der Waals surface area contributed by atoms with Crippen molar-refractivity contribution in [2.24, 2.45) is 7.05 Å². The van der Waals surface area contributed by atoms with Crippen molar-refractivity contribution >= 4 is 21.6 Å². The highest BCUT2D eigenvalue weighted by atomic mass is 35.5. The Bertz CT molecular complexity index is 1010. The monoisotopic (exact) mass is 410 g/mol. The number of sulfonamides is 1. The number of rotatable bonds is 4. The normalized spacial score (nSPS) is 16.4. The van der Waals surface area contributed by atoms with Crippen LogP contribution >= 0.6 is 11.6 Å². The van der Waals surface area contributed by atoms with Crippen LogP contribution in [-0.2, 0) is 17.1 Å². The fraction of sp³-hybridized carbons (Fsp3) is 0.421. The molecule has 1 aliphatic heterocycles. The number of benzene rings is 1. The predicted octanol–water partition coefficient (Wildman–Crippen LogP) is 2.89. The second-order valence-electron chi connectivity index (χ2n) is 6.81. The van der Waals surface area contributed by atoms with Crippen molar-refractivity contribution in [3.05, 3.63) is 57.0 Å². The summed E-state index contributed by atoms with van der Waals surface area (Å²) < 4.78 is 34.8. The van der Waals surface area contributed by atoms with Crippen LogP contribution in [0.4, 0.5) is 0 Å². The van der Waals surface area contributed by atoms with E-state index in [0.29, 0.717) is 42.3 Å². The third-order valence-electron chi connectivity index (χ3n) is 5.02. The maximum absolute atomic E-state index is 12.9. The van der Waals surface area contributed by atoms with Crippen LogP contribution in [0.25, 0.3) is 0 Å². The number of hydrogen-bond donors (Lipinski definition) is 0. The van der Waals surface area contributed by atoms with Gasteiger partial charge in [0.15, 0.2) is 0 Å². The van der Waals surface area contributed by atoms with E-state index in [4.69, 9.17) is 16.3 Å². The maximum Gasteiger partial charge on any atom is 0.254 e. The van der Waals surface area contributed by atoms with Crippen LogP contribution in [0, 0.1) is 13.8 Å². The molecule has 1 aromatic heterocycles. The van der Waals surface area contributed by atoms with Gasteiger partial charge in [-0.2, -0.15) is 4.31 Å². The summed E-state index contributed by atoms with van der Waals surface area (Å²) in [5, 5.41) is 0.440. The van der Waals surface area contributed by atoms with Crippen LogP contribution in [-0.4, -0.2) is 36.5 Å². The Morgan fingerprint density at radius 2 is 1.81 bits per heavy atom. The van der Waals surface area contributed by atoms with E-state index >= 15 is 0 Å². The molecule has 1 fully saturated rings. The number of pyridine rings is 1. The first-order chi connectivity index (χ1) is 12.7. The molecule has 8 heteroatoms. The largest absolute Gasteiger partial charge is 0.490 e. The summed E-state index contributed by atoms with van der Waals surface area (Å²) in [6.45, 7) is 4.28. The smallest absolute Gasteiger partial charge is 0.254 e. The number of nitrogens with zero attached hydrogens (tertiary/aromatic N) is 2. The van der Waals surface area contributed by atoms with Crippen LogP contribution < -0.4 is 10.3 Å². The first-order valence-corrected chi connectivity index (χ1v) is 10.6. The molecule has 0 amide bonds. The lowest BCUT2D eigenvalue weighted by Gasteiger charge is -2.31. The number of halogens is 1. The first-order valence-electron chi connectivity index (χ1n) is 8.80. The van der Waals surface area contributed by atoms with E-state index in [0.717, 1.165) is 5.69 Å². The van der Waals surface area contributed by atoms with E-state index in [1.54, 1.807) is 36.7 Å². The van der Waals surface area contributed by atoms with Gasteiger partial charge < -0.3 is 9.30 Å². The van der Waals surface area contributed by atoms with Gasteiger partial charge in [0.25, 0.3) is 5.56 Å². The Morgan fingerprint density at radius 1 is 1.15 bits per heavy atom. The Kier molecular flexibility index (Phi) is 5.65. The summed E-state index contributed by atoms with van der Waals surface area (Å²) in [7, 11) is -1.88. The van der Waals surface area contributed by atoms with Crippen molar-refractivity contribution in [1.82, 2.24) is 8.87 Å². The highest BCUT2D eigenvalue weighted by Crippen LogP contribution is 2.28.